The summed E-state index contributed by atoms with van der Waals surface area (Å²) in [5, 5.41) is 11.3. The van der Waals surface area contributed by atoms with Gasteiger partial charge in [0.2, 0.25) is 5.91 Å². The minimum absolute atomic E-state index is 0.0479. The van der Waals surface area contributed by atoms with Gasteiger partial charge < -0.3 is 21.1 Å². The van der Waals surface area contributed by atoms with Gasteiger partial charge in [-0.2, -0.15) is 0 Å². The molecule has 144 valence electrons. The molecule has 0 aromatic heterocycles. The van der Waals surface area contributed by atoms with E-state index in [0.29, 0.717) is 13.1 Å². The molecule has 2 amide bonds. The highest BCUT2D eigenvalue weighted by molar-refractivity contribution is 6.18. The standard InChI is InChI=1S/C16H20Cl2FN3O4/c17-5-7-22(8-6-18)13-3-1-10(9-11(13)19)15(24)21-12(16(25)26)2-4-14(20)23/h1,3,9,12H,2,4-8H2,(H2,20,23)(H,21,24)(H,25,26)/t12-/m0/s1. The first-order valence-corrected chi connectivity index (χ1v) is 8.85. The van der Waals surface area contributed by atoms with Gasteiger partial charge in [-0.15, -0.1) is 23.2 Å². The SMILES string of the molecule is NC(=O)CC[C@H](NC(=O)c1ccc(N(CCCl)CCCl)c(F)c1)C(=O)O. The van der Waals surface area contributed by atoms with E-state index >= 15 is 0 Å². The van der Waals surface area contributed by atoms with Crippen molar-refractivity contribution < 1.29 is 23.9 Å². The third kappa shape index (κ3) is 6.68. The van der Waals surface area contributed by atoms with Crippen molar-refractivity contribution >= 4 is 46.7 Å². The van der Waals surface area contributed by atoms with Crippen LogP contribution in [0.2, 0.25) is 0 Å². The van der Waals surface area contributed by atoms with Crippen LogP contribution in [0, 0.1) is 5.82 Å². The molecule has 0 fully saturated rings. The third-order valence-corrected chi connectivity index (χ3v) is 3.88. The lowest BCUT2D eigenvalue weighted by atomic mass is 10.1. The fourth-order valence-corrected chi connectivity index (χ4v) is 2.65. The molecule has 0 unspecified atom stereocenters. The van der Waals surface area contributed by atoms with Crippen LogP contribution in [0.5, 0.6) is 0 Å². The lowest BCUT2D eigenvalue weighted by molar-refractivity contribution is -0.139. The predicted molar refractivity (Wildman–Crippen MR) is 97.4 cm³/mol. The minimum Gasteiger partial charge on any atom is -0.480 e. The number of carboxylic acids is 1. The predicted octanol–water partition coefficient (Wildman–Crippen LogP) is 1.56. The molecule has 0 saturated carbocycles. The number of hydrogen-bond acceptors (Lipinski definition) is 4. The summed E-state index contributed by atoms with van der Waals surface area (Å²) in [5.41, 5.74) is 5.17. The molecular weight excluding hydrogens is 388 g/mol. The second kappa shape index (κ2) is 10.8. The smallest absolute Gasteiger partial charge is 0.326 e. The molecule has 1 rings (SSSR count). The molecule has 0 heterocycles. The number of primary amides is 1. The Hall–Kier alpha value is -2.06. The molecule has 0 saturated heterocycles. The van der Waals surface area contributed by atoms with Crippen LogP contribution in [-0.2, 0) is 9.59 Å². The summed E-state index contributed by atoms with van der Waals surface area (Å²) in [4.78, 5) is 35.8. The molecule has 0 aliphatic rings. The molecule has 0 bridgehead atoms. The Bertz CT molecular complexity index is 654. The summed E-state index contributed by atoms with van der Waals surface area (Å²) < 4.78 is 14.4. The first-order chi connectivity index (χ1) is 12.3. The van der Waals surface area contributed by atoms with Crippen molar-refractivity contribution in [3.63, 3.8) is 0 Å². The first kappa shape index (κ1) is 22.0. The fraction of sp³-hybridized carbons (Fsp3) is 0.438. The molecule has 4 N–H and O–H groups in total. The van der Waals surface area contributed by atoms with Crippen molar-refractivity contribution in [2.75, 3.05) is 29.7 Å². The van der Waals surface area contributed by atoms with E-state index < -0.39 is 29.6 Å². The van der Waals surface area contributed by atoms with Crippen LogP contribution in [0.4, 0.5) is 10.1 Å². The van der Waals surface area contributed by atoms with Gasteiger partial charge in [-0.05, 0) is 24.6 Å². The maximum atomic E-state index is 14.4. The van der Waals surface area contributed by atoms with E-state index in [1.165, 1.54) is 12.1 Å². The fourth-order valence-electron chi connectivity index (χ4n) is 2.25. The molecule has 0 radical (unpaired) electrons. The lowest BCUT2D eigenvalue weighted by Crippen LogP contribution is -2.41. The second-order valence-electron chi connectivity index (χ2n) is 5.40. The number of rotatable bonds is 11. The van der Waals surface area contributed by atoms with Crippen molar-refractivity contribution in [2.24, 2.45) is 5.73 Å². The Labute approximate surface area is 160 Å². The topological polar surface area (TPSA) is 113 Å². The number of aliphatic carboxylic acids is 1. The average molecular weight is 408 g/mol. The molecule has 0 aliphatic heterocycles. The Balaban J connectivity index is 2.90. The summed E-state index contributed by atoms with van der Waals surface area (Å²) >= 11 is 11.4. The van der Waals surface area contributed by atoms with Crippen LogP contribution in [0.3, 0.4) is 0 Å². The number of benzene rings is 1. The molecule has 1 aromatic carbocycles. The van der Waals surface area contributed by atoms with Gasteiger partial charge >= 0.3 is 5.97 Å². The highest BCUT2D eigenvalue weighted by atomic mass is 35.5. The lowest BCUT2D eigenvalue weighted by Gasteiger charge is -2.23. The number of alkyl halides is 2. The molecule has 7 nitrogen and oxygen atoms in total. The van der Waals surface area contributed by atoms with E-state index in [2.05, 4.69) is 5.32 Å². The molecule has 10 heteroatoms. The maximum Gasteiger partial charge on any atom is 0.326 e. The zero-order valence-electron chi connectivity index (χ0n) is 13.9. The average Bonchev–Trinajstić information content (AvgIpc) is 2.57. The van der Waals surface area contributed by atoms with Gasteiger partial charge in [-0.25, -0.2) is 9.18 Å². The van der Waals surface area contributed by atoms with Crippen molar-refractivity contribution in [1.29, 1.82) is 0 Å². The van der Waals surface area contributed by atoms with Gasteiger partial charge in [0.1, 0.15) is 11.9 Å². The Kier molecular flexibility index (Phi) is 9.15. The zero-order chi connectivity index (χ0) is 19.7. The summed E-state index contributed by atoms with van der Waals surface area (Å²) in [6.07, 6.45) is -0.355. The van der Waals surface area contributed by atoms with Crippen LogP contribution >= 0.6 is 23.2 Å². The van der Waals surface area contributed by atoms with Gasteiger partial charge in [-0.1, -0.05) is 0 Å². The number of hydrogen-bond donors (Lipinski definition) is 3. The second-order valence-corrected chi connectivity index (χ2v) is 6.16. The van der Waals surface area contributed by atoms with Crippen LogP contribution in [0.25, 0.3) is 0 Å². The maximum absolute atomic E-state index is 14.4. The number of carbonyl (C=O) groups excluding carboxylic acids is 2. The quantitative estimate of drug-likeness (QED) is 0.481. The highest BCUT2D eigenvalue weighted by Crippen LogP contribution is 2.21. The van der Waals surface area contributed by atoms with Crippen LogP contribution in [0.1, 0.15) is 23.2 Å². The molecule has 0 aliphatic carbocycles. The van der Waals surface area contributed by atoms with E-state index in [-0.39, 0.29) is 35.9 Å². The van der Waals surface area contributed by atoms with E-state index in [0.717, 1.165) is 6.07 Å². The molecule has 26 heavy (non-hydrogen) atoms. The molecular formula is C16H20Cl2FN3O4. The van der Waals surface area contributed by atoms with Gasteiger partial charge in [0.25, 0.3) is 5.91 Å². The number of carboxylic acid groups (broad SMARTS) is 1. The van der Waals surface area contributed by atoms with Gasteiger partial charge in [0.05, 0.1) is 5.69 Å². The van der Waals surface area contributed by atoms with E-state index in [1.54, 1.807) is 4.90 Å². The normalized spacial score (nSPS) is 11.7. The van der Waals surface area contributed by atoms with Crippen LogP contribution in [-0.4, -0.2) is 53.8 Å². The summed E-state index contributed by atoms with van der Waals surface area (Å²) in [6.45, 7) is 0.760. The minimum atomic E-state index is -1.31. The van der Waals surface area contributed by atoms with E-state index in [9.17, 15) is 18.8 Å². The summed E-state index contributed by atoms with van der Waals surface area (Å²) in [7, 11) is 0. The van der Waals surface area contributed by atoms with E-state index in [4.69, 9.17) is 34.0 Å². The monoisotopic (exact) mass is 407 g/mol. The Morgan fingerprint density at radius 1 is 1.23 bits per heavy atom. The molecule has 1 aromatic rings. The van der Waals surface area contributed by atoms with Crippen molar-refractivity contribution in [2.45, 2.75) is 18.9 Å². The van der Waals surface area contributed by atoms with Crippen LogP contribution in [0.15, 0.2) is 18.2 Å². The van der Waals surface area contributed by atoms with Crippen LogP contribution < -0.4 is 16.0 Å². The number of nitrogens with zero attached hydrogens (tertiary/aromatic N) is 1. The molecule has 1 atom stereocenters. The van der Waals surface area contributed by atoms with Crippen molar-refractivity contribution in [1.82, 2.24) is 5.32 Å². The van der Waals surface area contributed by atoms with Gasteiger partial charge in [0, 0.05) is 36.8 Å². The number of amides is 2. The van der Waals surface area contributed by atoms with Crippen molar-refractivity contribution in [3.05, 3.63) is 29.6 Å². The van der Waals surface area contributed by atoms with Crippen molar-refractivity contribution in [3.8, 4) is 0 Å². The summed E-state index contributed by atoms with van der Waals surface area (Å²) in [6, 6.07) is 2.48. The van der Waals surface area contributed by atoms with E-state index in [1.807, 2.05) is 0 Å². The number of carbonyl (C=O) groups is 3. The number of halogens is 3. The van der Waals surface area contributed by atoms with Gasteiger partial charge in [-0.3, -0.25) is 9.59 Å². The van der Waals surface area contributed by atoms with Gasteiger partial charge in [0.15, 0.2) is 0 Å². The number of nitrogens with two attached hydrogens (primary N) is 1. The third-order valence-electron chi connectivity index (χ3n) is 3.54. The number of anilines is 1. The largest absolute Gasteiger partial charge is 0.480 e. The summed E-state index contributed by atoms with van der Waals surface area (Å²) in [5.74, 6) is -2.87. The first-order valence-electron chi connectivity index (χ1n) is 7.78. The zero-order valence-corrected chi connectivity index (χ0v) is 15.4. The Morgan fingerprint density at radius 3 is 2.31 bits per heavy atom. The number of nitrogens with one attached hydrogen (secondary N) is 1. The highest BCUT2D eigenvalue weighted by Gasteiger charge is 2.22. The Morgan fingerprint density at radius 2 is 1.85 bits per heavy atom. The molecule has 0 spiro atoms.